The fourth-order valence-corrected chi connectivity index (χ4v) is 2.54. The molecule has 112 valence electrons. The molecule has 0 spiro atoms. The first-order valence-electron chi connectivity index (χ1n) is 6.84. The molecule has 0 aliphatic carbocycles. The molecule has 2 aromatic rings. The van der Waals surface area contributed by atoms with Crippen LogP contribution in [0.2, 0.25) is 10.0 Å². The summed E-state index contributed by atoms with van der Waals surface area (Å²) in [6.07, 6.45) is 1.62. The highest BCUT2D eigenvalue weighted by Crippen LogP contribution is 2.33. The van der Waals surface area contributed by atoms with E-state index in [1.807, 2.05) is 0 Å². The van der Waals surface area contributed by atoms with Gasteiger partial charge in [0.25, 0.3) is 0 Å². The number of hydrogen-bond acceptors (Lipinski definition) is 1. The number of halogens is 3. The van der Waals surface area contributed by atoms with Crippen LogP contribution in [-0.2, 0) is 0 Å². The lowest BCUT2D eigenvalue weighted by Gasteiger charge is -2.20. The molecule has 0 aliphatic heterocycles. The van der Waals surface area contributed by atoms with Gasteiger partial charge in [-0.3, -0.25) is 0 Å². The summed E-state index contributed by atoms with van der Waals surface area (Å²) in [6.45, 7) is 2.06. The highest BCUT2D eigenvalue weighted by atomic mass is 35.5. The van der Waals surface area contributed by atoms with Gasteiger partial charge in [0.1, 0.15) is 11.9 Å². The van der Waals surface area contributed by atoms with E-state index in [9.17, 15) is 0 Å². The summed E-state index contributed by atoms with van der Waals surface area (Å²) in [5.74, 6) is 1.21. The monoisotopic (exact) mass is 342 g/mol. The van der Waals surface area contributed by atoms with Crippen LogP contribution >= 0.6 is 34.8 Å². The molecule has 0 heterocycles. The van der Waals surface area contributed by atoms with Crippen molar-refractivity contribution in [2.24, 2.45) is 0 Å². The first-order chi connectivity index (χ1) is 10.1. The number of ether oxygens (including phenoxy) is 1. The van der Waals surface area contributed by atoms with Crippen molar-refractivity contribution in [3.8, 4) is 5.75 Å². The Balaban J connectivity index is 2.23. The second-order valence-electron chi connectivity index (χ2n) is 4.92. The molecule has 0 N–H and O–H groups in total. The van der Waals surface area contributed by atoms with Gasteiger partial charge in [0.15, 0.2) is 0 Å². The first-order valence-corrected chi connectivity index (χ1v) is 8.13. The summed E-state index contributed by atoms with van der Waals surface area (Å²) in [4.78, 5) is 0. The van der Waals surface area contributed by atoms with Crippen molar-refractivity contribution in [3.05, 3.63) is 63.6 Å². The van der Waals surface area contributed by atoms with Gasteiger partial charge >= 0.3 is 0 Å². The Morgan fingerprint density at radius 1 is 1.05 bits per heavy atom. The van der Waals surface area contributed by atoms with Crippen molar-refractivity contribution in [1.82, 2.24) is 0 Å². The molecule has 4 heteroatoms. The molecule has 0 aliphatic rings. The van der Waals surface area contributed by atoms with Gasteiger partial charge in [-0.1, -0.05) is 53.0 Å². The Morgan fingerprint density at radius 2 is 1.76 bits per heavy atom. The standard InChI is InChI=1S/C17H17Cl3O/c1-12-4-6-13(7-5-12)16(3-2-10-18)21-17-11-14(19)8-9-15(17)20/h4-9,11,16H,2-3,10H2,1H3/t16-/m0/s1. The predicted octanol–water partition coefficient (Wildman–Crippen LogP) is 6.44. The van der Waals surface area contributed by atoms with Crippen LogP contribution in [0.4, 0.5) is 0 Å². The third-order valence-corrected chi connectivity index (χ3v) is 4.03. The number of alkyl halides is 1. The van der Waals surface area contributed by atoms with E-state index < -0.39 is 0 Å². The van der Waals surface area contributed by atoms with Gasteiger partial charge in [-0.25, -0.2) is 0 Å². The number of hydrogen-bond donors (Lipinski definition) is 0. The molecule has 0 radical (unpaired) electrons. The highest BCUT2D eigenvalue weighted by molar-refractivity contribution is 6.34. The summed E-state index contributed by atoms with van der Waals surface area (Å²) in [7, 11) is 0. The van der Waals surface area contributed by atoms with Crippen LogP contribution in [-0.4, -0.2) is 5.88 Å². The van der Waals surface area contributed by atoms with Crippen molar-refractivity contribution >= 4 is 34.8 Å². The normalized spacial score (nSPS) is 12.2. The minimum absolute atomic E-state index is 0.0830. The van der Waals surface area contributed by atoms with Crippen molar-refractivity contribution in [1.29, 1.82) is 0 Å². The lowest BCUT2D eigenvalue weighted by Crippen LogP contribution is -2.08. The summed E-state index contributed by atoms with van der Waals surface area (Å²) in [5.41, 5.74) is 2.33. The zero-order valence-electron chi connectivity index (χ0n) is 11.8. The minimum atomic E-state index is -0.0830. The third kappa shape index (κ3) is 4.81. The van der Waals surface area contributed by atoms with E-state index in [0.29, 0.717) is 21.7 Å². The van der Waals surface area contributed by atoms with Gasteiger partial charge in [-0.05, 0) is 37.5 Å². The highest BCUT2D eigenvalue weighted by Gasteiger charge is 2.15. The fraction of sp³-hybridized carbons (Fsp3) is 0.294. The number of benzene rings is 2. The molecule has 0 saturated carbocycles. The van der Waals surface area contributed by atoms with E-state index in [0.717, 1.165) is 18.4 Å². The summed E-state index contributed by atoms with van der Waals surface area (Å²) < 4.78 is 6.08. The maximum atomic E-state index is 6.18. The van der Waals surface area contributed by atoms with Crippen LogP contribution < -0.4 is 4.74 Å². The second kappa shape index (κ2) is 7.93. The molecular weight excluding hydrogens is 327 g/mol. The number of rotatable bonds is 6. The molecule has 21 heavy (non-hydrogen) atoms. The van der Waals surface area contributed by atoms with Crippen LogP contribution in [0.3, 0.4) is 0 Å². The molecule has 0 amide bonds. The molecule has 2 aromatic carbocycles. The van der Waals surface area contributed by atoms with Gasteiger partial charge in [0.05, 0.1) is 5.02 Å². The van der Waals surface area contributed by atoms with Gasteiger partial charge in [-0.2, -0.15) is 0 Å². The van der Waals surface area contributed by atoms with Crippen LogP contribution in [0.5, 0.6) is 5.75 Å². The summed E-state index contributed by atoms with van der Waals surface area (Å²) in [6, 6.07) is 13.5. The Bertz CT molecular complexity index is 581. The molecule has 1 atom stereocenters. The van der Waals surface area contributed by atoms with E-state index >= 15 is 0 Å². The van der Waals surface area contributed by atoms with E-state index in [1.54, 1.807) is 18.2 Å². The smallest absolute Gasteiger partial charge is 0.140 e. The van der Waals surface area contributed by atoms with Crippen LogP contribution in [0.15, 0.2) is 42.5 Å². The molecule has 0 fully saturated rings. The van der Waals surface area contributed by atoms with E-state index in [-0.39, 0.29) is 6.10 Å². The Kier molecular flexibility index (Phi) is 6.22. The maximum absolute atomic E-state index is 6.18. The average Bonchev–Trinajstić information content (AvgIpc) is 2.48. The molecule has 0 aromatic heterocycles. The SMILES string of the molecule is Cc1ccc([C@H](CCCCl)Oc2cc(Cl)ccc2Cl)cc1. The van der Waals surface area contributed by atoms with Gasteiger partial charge < -0.3 is 4.74 Å². The topological polar surface area (TPSA) is 9.23 Å². The van der Waals surface area contributed by atoms with Gasteiger partial charge in [-0.15, -0.1) is 11.6 Å². The van der Waals surface area contributed by atoms with E-state index in [1.165, 1.54) is 5.56 Å². The van der Waals surface area contributed by atoms with Gasteiger partial charge in [0, 0.05) is 17.0 Å². The molecule has 0 bridgehead atoms. The Labute approximate surface area is 140 Å². The van der Waals surface area contributed by atoms with E-state index in [2.05, 4.69) is 31.2 Å². The fourth-order valence-electron chi connectivity index (χ4n) is 2.06. The molecule has 0 unspecified atom stereocenters. The molecule has 1 nitrogen and oxygen atoms in total. The van der Waals surface area contributed by atoms with Crippen LogP contribution in [0.25, 0.3) is 0 Å². The zero-order valence-corrected chi connectivity index (χ0v) is 14.1. The Morgan fingerprint density at radius 3 is 2.43 bits per heavy atom. The average molecular weight is 344 g/mol. The summed E-state index contributed by atoms with van der Waals surface area (Å²) >= 11 is 18.0. The maximum Gasteiger partial charge on any atom is 0.140 e. The van der Waals surface area contributed by atoms with Crippen molar-refractivity contribution in [3.63, 3.8) is 0 Å². The van der Waals surface area contributed by atoms with Crippen LogP contribution in [0, 0.1) is 6.92 Å². The molecule has 2 rings (SSSR count). The molecular formula is C17H17Cl3O. The van der Waals surface area contributed by atoms with Crippen molar-refractivity contribution in [2.45, 2.75) is 25.9 Å². The quantitative estimate of drug-likeness (QED) is 0.548. The van der Waals surface area contributed by atoms with Crippen molar-refractivity contribution in [2.75, 3.05) is 5.88 Å². The number of aryl methyl sites for hydroxylation is 1. The predicted molar refractivity (Wildman–Crippen MR) is 91.0 cm³/mol. The first kappa shape index (κ1) is 16.5. The van der Waals surface area contributed by atoms with E-state index in [4.69, 9.17) is 39.5 Å². The third-order valence-electron chi connectivity index (χ3n) is 3.21. The molecule has 0 saturated heterocycles. The van der Waals surface area contributed by atoms with Gasteiger partial charge in [0.2, 0.25) is 0 Å². The zero-order chi connectivity index (χ0) is 15.2. The van der Waals surface area contributed by atoms with Crippen molar-refractivity contribution < 1.29 is 4.74 Å². The lowest BCUT2D eigenvalue weighted by molar-refractivity contribution is 0.194. The summed E-state index contributed by atoms with van der Waals surface area (Å²) in [5, 5.41) is 1.16. The van der Waals surface area contributed by atoms with Crippen LogP contribution in [0.1, 0.15) is 30.1 Å². The lowest BCUT2D eigenvalue weighted by atomic mass is 10.0. The Hall–Kier alpha value is -0.890. The second-order valence-corrected chi connectivity index (χ2v) is 6.14. The largest absolute Gasteiger partial charge is 0.484 e. The minimum Gasteiger partial charge on any atom is -0.484 e.